The maximum Gasteiger partial charge on any atom is 0.251 e. The normalized spacial score (nSPS) is 11.3. The van der Waals surface area contributed by atoms with E-state index in [0.717, 1.165) is 43.2 Å². The molecule has 2 aromatic rings. The number of hydrogen-bond acceptors (Lipinski definition) is 4. The molecule has 0 fully saturated rings. The quantitative estimate of drug-likeness (QED) is 0.337. The van der Waals surface area contributed by atoms with Crippen LogP contribution in [0.25, 0.3) is 0 Å². The molecule has 0 saturated heterocycles. The Morgan fingerprint density at radius 3 is 2.78 bits per heavy atom. The van der Waals surface area contributed by atoms with Crippen molar-refractivity contribution in [2.24, 2.45) is 4.99 Å². The molecule has 1 heterocycles. The summed E-state index contributed by atoms with van der Waals surface area (Å²) < 4.78 is 10.8. The molecule has 0 unspecified atom stereocenters. The van der Waals surface area contributed by atoms with Gasteiger partial charge >= 0.3 is 0 Å². The lowest BCUT2D eigenvalue weighted by molar-refractivity contribution is 0.0963. The fraction of sp³-hybridized carbons (Fsp3) is 0.400. The standard InChI is InChI=1S/C20H28N4O3/c1-21-19(25)17-7-3-6-16(14-17)9-11-24-20(22-2)23-10-5-12-26-15-18-8-4-13-27-18/h3-4,6-8,13-14H,5,9-12,15H2,1-2H3,(H,21,25)(H2,22,23,24). The van der Waals surface area contributed by atoms with Crippen molar-refractivity contribution in [1.82, 2.24) is 16.0 Å². The van der Waals surface area contributed by atoms with Gasteiger partial charge in [0.25, 0.3) is 5.91 Å². The van der Waals surface area contributed by atoms with E-state index in [2.05, 4.69) is 20.9 Å². The van der Waals surface area contributed by atoms with Crippen LogP contribution in [0.3, 0.4) is 0 Å². The van der Waals surface area contributed by atoms with Crippen molar-refractivity contribution in [1.29, 1.82) is 0 Å². The number of amides is 1. The van der Waals surface area contributed by atoms with Crippen molar-refractivity contribution < 1.29 is 13.9 Å². The monoisotopic (exact) mass is 372 g/mol. The minimum atomic E-state index is -0.0726. The third-order valence-corrected chi connectivity index (χ3v) is 3.93. The molecule has 0 aliphatic heterocycles. The molecule has 2 rings (SSSR count). The molecule has 27 heavy (non-hydrogen) atoms. The Bertz CT molecular complexity index is 714. The Labute approximate surface area is 160 Å². The first kappa shape index (κ1) is 20.5. The van der Waals surface area contributed by atoms with Crippen molar-refractivity contribution in [2.45, 2.75) is 19.4 Å². The van der Waals surface area contributed by atoms with E-state index >= 15 is 0 Å². The summed E-state index contributed by atoms with van der Waals surface area (Å²) in [6.07, 6.45) is 3.32. The average Bonchev–Trinajstić information content (AvgIpc) is 3.22. The van der Waals surface area contributed by atoms with Gasteiger partial charge in [0, 0.05) is 39.4 Å². The summed E-state index contributed by atoms with van der Waals surface area (Å²) in [6.45, 7) is 2.64. The van der Waals surface area contributed by atoms with Crippen LogP contribution in [0.2, 0.25) is 0 Å². The second kappa shape index (κ2) is 11.7. The van der Waals surface area contributed by atoms with Crippen molar-refractivity contribution >= 4 is 11.9 Å². The number of furan rings is 1. The molecule has 0 bridgehead atoms. The third kappa shape index (κ3) is 7.53. The summed E-state index contributed by atoms with van der Waals surface area (Å²) in [5, 5.41) is 9.17. The third-order valence-electron chi connectivity index (χ3n) is 3.93. The minimum absolute atomic E-state index is 0.0726. The van der Waals surface area contributed by atoms with Crippen LogP contribution in [0, 0.1) is 0 Å². The molecule has 0 saturated carbocycles. The van der Waals surface area contributed by atoms with E-state index in [1.807, 2.05) is 36.4 Å². The fourth-order valence-electron chi connectivity index (χ4n) is 2.51. The molecule has 1 amide bonds. The van der Waals surface area contributed by atoms with E-state index in [-0.39, 0.29) is 5.91 Å². The highest BCUT2D eigenvalue weighted by Gasteiger charge is 2.04. The highest BCUT2D eigenvalue weighted by Crippen LogP contribution is 2.05. The summed E-state index contributed by atoms with van der Waals surface area (Å²) in [4.78, 5) is 15.9. The van der Waals surface area contributed by atoms with Gasteiger partial charge in [-0.1, -0.05) is 12.1 Å². The van der Waals surface area contributed by atoms with E-state index in [1.54, 1.807) is 20.4 Å². The van der Waals surface area contributed by atoms with Crippen LogP contribution in [-0.2, 0) is 17.8 Å². The summed E-state index contributed by atoms with van der Waals surface area (Å²) in [6, 6.07) is 11.4. The Morgan fingerprint density at radius 2 is 2.04 bits per heavy atom. The Morgan fingerprint density at radius 1 is 1.19 bits per heavy atom. The second-order valence-corrected chi connectivity index (χ2v) is 5.94. The molecule has 3 N–H and O–H groups in total. The highest BCUT2D eigenvalue weighted by molar-refractivity contribution is 5.94. The molecular formula is C20H28N4O3. The lowest BCUT2D eigenvalue weighted by atomic mass is 10.1. The number of ether oxygens (including phenoxy) is 1. The van der Waals surface area contributed by atoms with Gasteiger partial charge in [-0.15, -0.1) is 0 Å². The largest absolute Gasteiger partial charge is 0.467 e. The van der Waals surface area contributed by atoms with Gasteiger partial charge in [-0.3, -0.25) is 9.79 Å². The van der Waals surface area contributed by atoms with Crippen LogP contribution in [0.1, 0.15) is 28.1 Å². The first-order valence-electron chi connectivity index (χ1n) is 9.08. The number of carbonyl (C=O) groups excluding carboxylic acids is 1. The number of hydrogen-bond donors (Lipinski definition) is 3. The molecule has 0 atom stereocenters. The van der Waals surface area contributed by atoms with Gasteiger partial charge < -0.3 is 25.1 Å². The molecule has 1 aromatic carbocycles. The number of rotatable bonds is 10. The molecule has 0 radical (unpaired) electrons. The summed E-state index contributed by atoms with van der Waals surface area (Å²) >= 11 is 0. The molecule has 7 heteroatoms. The molecule has 0 aliphatic rings. The maximum absolute atomic E-state index is 11.7. The molecule has 0 spiro atoms. The summed E-state index contributed by atoms with van der Waals surface area (Å²) in [5.41, 5.74) is 1.78. The molecule has 0 aliphatic carbocycles. The van der Waals surface area contributed by atoms with Crippen LogP contribution in [0.4, 0.5) is 0 Å². The van der Waals surface area contributed by atoms with Crippen LogP contribution in [-0.4, -0.2) is 45.7 Å². The van der Waals surface area contributed by atoms with Crippen molar-refractivity contribution in [2.75, 3.05) is 33.8 Å². The van der Waals surface area contributed by atoms with Crippen LogP contribution < -0.4 is 16.0 Å². The Hall–Kier alpha value is -2.80. The fourth-order valence-corrected chi connectivity index (χ4v) is 2.51. The van der Waals surface area contributed by atoms with Gasteiger partial charge in [0.15, 0.2) is 5.96 Å². The predicted molar refractivity (Wildman–Crippen MR) is 106 cm³/mol. The van der Waals surface area contributed by atoms with Crippen molar-refractivity contribution in [3.05, 3.63) is 59.5 Å². The van der Waals surface area contributed by atoms with Gasteiger partial charge in [0.2, 0.25) is 0 Å². The van der Waals surface area contributed by atoms with E-state index < -0.39 is 0 Å². The SMILES string of the molecule is CN=C(NCCCOCc1ccco1)NCCc1cccc(C(=O)NC)c1. The number of nitrogens with zero attached hydrogens (tertiary/aromatic N) is 1. The van der Waals surface area contributed by atoms with Gasteiger partial charge in [-0.2, -0.15) is 0 Å². The van der Waals surface area contributed by atoms with Crippen molar-refractivity contribution in [3.63, 3.8) is 0 Å². The van der Waals surface area contributed by atoms with E-state index in [1.165, 1.54) is 0 Å². The predicted octanol–water partition coefficient (Wildman–Crippen LogP) is 1.95. The summed E-state index contributed by atoms with van der Waals surface area (Å²) in [7, 11) is 3.38. The van der Waals surface area contributed by atoms with Crippen molar-refractivity contribution in [3.8, 4) is 0 Å². The molecule has 7 nitrogen and oxygen atoms in total. The van der Waals surface area contributed by atoms with Gasteiger partial charge in [-0.05, 0) is 42.7 Å². The van der Waals surface area contributed by atoms with E-state index in [4.69, 9.17) is 9.15 Å². The molecule has 146 valence electrons. The Balaban J connectivity index is 1.60. The van der Waals surface area contributed by atoms with Crippen LogP contribution in [0.15, 0.2) is 52.1 Å². The lowest BCUT2D eigenvalue weighted by Gasteiger charge is -2.12. The lowest BCUT2D eigenvalue weighted by Crippen LogP contribution is -2.39. The van der Waals surface area contributed by atoms with Gasteiger partial charge in [0.05, 0.1) is 6.26 Å². The Kier molecular flexibility index (Phi) is 8.92. The van der Waals surface area contributed by atoms with E-state index in [9.17, 15) is 4.79 Å². The average molecular weight is 372 g/mol. The number of aliphatic imine (C=N–C) groups is 1. The zero-order valence-corrected chi connectivity index (χ0v) is 16.0. The topological polar surface area (TPSA) is 87.9 Å². The summed E-state index contributed by atoms with van der Waals surface area (Å²) in [5.74, 6) is 1.51. The first-order chi connectivity index (χ1) is 13.2. The second-order valence-electron chi connectivity index (χ2n) is 5.94. The highest BCUT2D eigenvalue weighted by atomic mass is 16.5. The number of carbonyl (C=O) groups is 1. The van der Waals surface area contributed by atoms with Gasteiger partial charge in [-0.25, -0.2) is 0 Å². The first-order valence-corrected chi connectivity index (χ1v) is 9.08. The minimum Gasteiger partial charge on any atom is -0.467 e. The van der Waals surface area contributed by atoms with Gasteiger partial charge in [0.1, 0.15) is 12.4 Å². The number of benzene rings is 1. The van der Waals surface area contributed by atoms with Crippen LogP contribution in [0.5, 0.6) is 0 Å². The zero-order chi connectivity index (χ0) is 19.3. The zero-order valence-electron chi connectivity index (χ0n) is 16.0. The molecule has 1 aromatic heterocycles. The maximum atomic E-state index is 11.7. The molecular weight excluding hydrogens is 344 g/mol. The number of guanidine groups is 1. The number of nitrogens with one attached hydrogen (secondary N) is 3. The van der Waals surface area contributed by atoms with E-state index in [0.29, 0.717) is 18.8 Å². The van der Waals surface area contributed by atoms with Crippen LogP contribution >= 0.6 is 0 Å². The smallest absolute Gasteiger partial charge is 0.251 e.